The summed E-state index contributed by atoms with van der Waals surface area (Å²) >= 11 is 0. The Bertz CT molecular complexity index is 1160. The summed E-state index contributed by atoms with van der Waals surface area (Å²) in [6, 6.07) is 8.24. The van der Waals surface area contributed by atoms with Gasteiger partial charge in [-0.05, 0) is 76.8 Å². The monoisotopic (exact) mass is 472 g/mol. The molecule has 0 spiro atoms. The van der Waals surface area contributed by atoms with Crippen LogP contribution in [0.15, 0.2) is 41.4 Å². The van der Waals surface area contributed by atoms with Crippen molar-refractivity contribution in [2.45, 2.75) is 57.9 Å². The summed E-state index contributed by atoms with van der Waals surface area (Å²) in [4.78, 5) is 32.1. The van der Waals surface area contributed by atoms with Crippen molar-refractivity contribution in [2.75, 3.05) is 18.4 Å². The number of amides is 2. The van der Waals surface area contributed by atoms with Gasteiger partial charge in [-0.3, -0.25) is 9.59 Å². The maximum Gasteiger partial charge on any atom is 0.254 e. The second-order valence-corrected chi connectivity index (χ2v) is 11.3. The van der Waals surface area contributed by atoms with Gasteiger partial charge >= 0.3 is 0 Å². The van der Waals surface area contributed by atoms with Gasteiger partial charge in [-0.2, -0.15) is 0 Å². The van der Waals surface area contributed by atoms with Crippen LogP contribution < -0.4 is 10.0 Å². The molecule has 3 rings (SSSR count). The van der Waals surface area contributed by atoms with Crippen LogP contribution in [0, 0.1) is 19.8 Å². The van der Waals surface area contributed by atoms with Crippen LogP contribution in [0.3, 0.4) is 0 Å². The Labute approximate surface area is 195 Å². The standard InChI is InChI=1S/C24H32N4O4S/c1-16-10-11-19(33(31,32)27-24(3,4)5)14-20(16)23(30)28-13-7-9-18(15-28)22(29)26-21-17(2)8-6-12-25-21/h6,8,10-12,14,18,27H,7,9,13,15H2,1-5H3,(H,25,26,29). The Hall–Kier alpha value is -2.78. The van der Waals surface area contributed by atoms with Crippen LogP contribution >= 0.6 is 0 Å². The topological polar surface area (TPSA) is 108 Å². The van der Waals surface area contributed by atoms with Gasteiger partial charge < -0.3 is 10.2 Å². The molecule has 2 amide bonds. The van der Waals surface area contributed by atoms with Crippen LogP contribution in [0.2, 0.25) is 0 Å². The fraction of sp³-hybridized carbons (Fsp3) is 0.458. The number of nitrogens with zero attached hydrogens (tertiary/aromatic N) is 2. The molecule has 1 aromatic heterocycles. The van der Waals surface area contributed by atoms with Gasteiger partial charge in [0.1, 0.15) is 5.82 Å². The number of hydrogen-bond donors (Lipinski definition) is 2. The molecule has 1 aromatic carbocycles. The molecule has 2 heterocycles. The molecule has 2 aromatic rings. The molecule has 8 nitrogen and oxygen atoms in total. The molecule has 1 aliphatic rings. The first-order valence-corrected chi connectivity index (χ1v) is 12.5. The van der Waals surface area contributed by atoms with E-state index >= 15 is 0 Å². The molecule has 1 fully saturated rings. The summed E-state index contributed by atoms with van der Waals surface area (Å²) < 4.78 is 28.1. The smallest absolute Gasteiger partial charge is 0.254 e. The van der Waals surface area contributed by atoms with Crippen molar-refractivity contribution >= 4 is 27.7 Å². The molecular weight excluding hydrogens is 440 g/mol. The summed E-state index contributed by atoms with van der Waals surface area (Å²) in [7, 11) is -3.78. The number of benzene rings is 1. The SMILES string of the molecule is Cc1ccc(S(=O)(=O)NC(C)(C)C)cc1C(=O)N1CCCC(C(=O)Nc2ncccc2C)C1. The van der Waals surface area contributed by atoms with E-state index in [1.165, 1.54) is 12.1 Å². The minimum absolute atomic E-state index is 0.0447. The number of likely N-dealkylation sites (tertiary alicyclic amines) is 1. The van der Waals surface area contributed by atoms with E-state index in [1.54, 1.807) is 50.9 Å². The lowest BCUT2D eigenvalue weighted by Gasteiger charge is -2.32. The fourth-order valence-corrected chi connectivity index (χ4v) is 5.29. The predicted octanol–water partition coefficient (Wildman–Crippen LogP) is 3.27. The van der Waals surface area contributed by atoms with E-state index in [0.29, 0.717) is 36.3 Å². The van der Waals surface area contributed by atoms with Gasteiger partial charge in [-0.1, -0.05) is 12.1 Å². The highest BCUT2D eigenvalue weighted by atomic mass is 32.2. The molecule has 1 saturated heterocycles. The van der Waals surface area contributed by atoms with Gasteiger partial charge in [-0.15, -0.1) is 0 Å². The van der Waals surface area contributed by atoms with E-state index in [2.05, 4.69) is 15.0 Å². The first-order valence-electron chi connectivity index (χ1n) is 11.0. The van der Waals surface area contributed by atoms with E-state index in [0.717, 1.165) is 5.56 Å². The number of aromatic nitrogens is 1. The minimum Gasteiger partial charge on any atom is -0.338 e. The van der Waals surface area contributed by atoms with Crippen LogP contribution in [-0.2, 0) is 14.8 Å². The number of aryl methyl sites for hydroxylation is 2. The van der Waals surface area contributed by atoms with Crippen molar-refractivity contribution in [1.82, 2.24) is 14.6 Å². The van der Waals surface area contributed by atoms with Gasteiger partial charge in [0.2, 0.25) is 15.9 Å². The number of anilines is 1. The summed E-state index contributed by atoms with van der Waals surface area (Å²) in [6.07, 6.45) is 2.98. The molecule has 2 N–H and O–H groups in total. The van der Waals surface area contributed by atoms with Crippen molar-refractivity contribution in [3.05, 3.63) is 53.2 Å². The molecular formula is C24H32N4O4S. The second kappa shape index (κ2) is 9.61. The molecule has 0 radical (unpaired) electrons. The van der Waals surface area contributed by atoms with E-state index in [1.807, 2.05) is 13.0 Å². The van der Waals surface area contributed by atoms with Crippen molar-refractivity contribution < 1.29 is 18.0 Å². The van der Waals surface area contributed by atoms with Crippen LogP contribution in [0.25, 0.3) is 0 Å². The van der Waals surface area contributed by atoms with Crippen LogP contribution in [0.5, 0.6) is 0 Å². The molecule has 0 bridgehead atoms. The number of rotatable bonds is 5. The maximum absolute atomic E-state index is 13.3. The zero-order valence-electron chi connectivity index (χ0n) is 19.8. The third-order valence-corrected chi connectivity index (χ3v) is 7.28. The number of carbonyl (C=O) groups excluding carboxylic acids is 2. The third-order valence-electron chi connectivity index (χ3n) is 5.52. The molecule has 0 aliphatic carbocycles. The lowest BCUT2D eigenvalue weighted by Crippen LogP contribution is -2.44. The molecule has 178 valence electrons. The Kier molecular flexibility index (Phi) is 7.23. The van der Waals surface area contributed by atoms with Crippen LogP contribution in [-0.4, -0.2) is 48.7 Å². The second-order valence-electron chi connectivity index (χ2n) is 9.58. The highest BCUT2D eigenvalue weighted by molar-refractivity contribution is 7.89. The molecule has 33 heavy (non-hydrogen) atoms. The molecule has 1 unspecified atom stereocenters. The predicted molar refractivity (Wildman–Crippen MR) is 127 cm³/mol. The van der Waals surface area contributed by atoms with E-state index in [9.17, 15) is 18.0 Å². The van der Waals surface area contributed by atoms with Gasteiger partial charge in [0.25, 0.3) is 5.91 Å². The van der Waals surface area contributed by atoms with E-state index < -0.39 is 15.6 Å². The first kappa shape index (κ1) is 24.9. The lowest BCUT2D eigenvalue weighted by atomic mass is 9.96. The normalized spacial score (nSPS) is 17.0. The largest absolute Gasteiger partial charge is 0.338 e. The molecule has 0 saturated carbocycles. The highest BCUT2D eigenvalue weighted by Crippen LogP contribution is 2.24. The van der Waals surface area contributed by atoms with Crippen LogP contribution in [0.4, 0.5) is 5.82 Å². The van der Waals surface area contributed by atoms with Crippen LogP contribution in [0.1, 0.15) is 55.1 Å². The van der Waals surface area contributed by atoms with E-state index in [4.69, 9.17) is 0 Å². The third kappa shape index (κ3) is 6.17. The zero-order valence-corrected chi connectivity index (χ0v) is 20.6. The van der Waals surface area contributed by atoms with Gasteiger partial charge in [0.05, 0.1) is 10.8 Å². The molecule has 1 atom stereocenters. The van der Waals surface area contributed by atoms with Gasteiger partial charge in [0, 0.05) is 30.4 Å². The number of carbonyl (C=O) groups is 2. The Morgan fingerprint density at radius 3 is 2.52 bits per heavy atom. The van der Waals surface area contributed by atoms with Crippen molar-refractivity contribution in [1.29, 1.82) is 0 Å². The number of hydrogen-bond acceptors (Lipinski definition) is 5. The molecule has 1 aliphatic heterocycles. The Morgan fingerprint density at radius 1 is 1.12 bits per heavy atom. The Balaban J connectivity index is 1.78. The summed E-state index contributed by atoms with van der Waals surface area (Å²) in [5, 5.41) is 2.87. The fourth-order valence-electron chi connectivity index (χ4n) is 3.84. The average Bonchev–Trinajstić information content (AvgIpc) is 2.73. The number of pyridine rings is 1. The van der Waals surface area contributed by atoms with Crippen molar-refractivity contribution in [2.24, 2.45) is 5.92 Å². The summed E-state index contributed by atoms with van der Waals surface area (Å²) in [6.45, 7) is 9.72. The van der Waals surface area contributed by atoms with Gasteiger partial charge in [-0.25, -0.2) is 18.1 Å². The number of nitrogens with one attached hydrogen (secondary N) is 2. The van der Waals surface area contributed by atoms with Gasteiger partial charge in [0.15, 0.2) is 0 Å². The highest BCUT2D eigenvalue weighted by Gasteiger charge is 2.31. The number of piperidine rings is 1. The maximum atomic E-state index is 13.3. The summed E-state index contributed by atoms with van der Waals surface area (Å²) in [5.41, 5.74) is 1.23. The zero-order chi connectivity index (χ0) is 24.4. The van der Waals surface area contributed by atoms with E-state index in [-0.39, 0.29) is 29.2 Å². The lowest BCUT2D eigenvalue weighted by molar-refractivity contribution is -0.121. The molecule has 9 heteroatoms. The first-order chi connectivity index (χ1) is 15.4. The average molecular weight is 473 g/mol. The minimum atomic E-state index is -3.78. The van der Waals surface area contributed by atoms with Crippen molar-refractivity contribution in [3.63, 3.8) is 0 Å². The number of sulfonamides is 1. The van der Waals surface area contributed by atoms with Crippen molar-refractivity contribution in [3.8, 4) is 0 Å². The summed E-state index contributed by atoms with van der Waals surface area (Å²) in [5.74, 6) is -0.284. The quantitative estimate of drug-likeness (QED) is 0.694. The Morgan fingerprint density at radius 2 is 1.85 bits per heavy atom.